The molecular weight excluding hydrogens is 271 g/mol. The number of aromatic nitrogens is 1. The van der Waals surface area contributed by atoms with E-state index in [9.17, 15) is 9.18 Å². The average molecular weight is 288 g/mol. The summed E-state index contributed by atoms with van der Waals surface area (Å²) in [4.78, 5) is 16.8. The standard InChI is InChI=1S/C16H17FN2O2/c17-15-5-1-3-13(9-15)11-19(8-6-16(20)21)12-14-4-2-7-18-10-14/h1-5,7,9-10H,6,8,11-12H2,(H,20,21). The van der Waals surface area contributed by atoms with Crippen molar-refractivity contribution in [3.63, 3.8) is 0 Å². The summed E-state index contributed by atoms with van der Waals surface area (Å²) in [6, 6.07) is 10.1. The van der Waals surface area contributed by atoms with Crippen LogP contribution in [0.15, 0.2) is 48.8 Å². The number of hydrogen-bond donors (Lipinski definition) is 1. The van der Waals surface area contributed by atoms with E-state index >= 15 is 0 Å². The van der Waals surface area contributed by atoms with Gasteiger partial charge in [0.1, 0.15) is 5.82 Å². The van der Waals surface area contributed by atoms with E-state index in [2.05, 4.69) is 4.98 Å². The lowest BCUT2D eigenvalue weighted by Crippen LogP contribution is -2.25. The number of aliphatic carboxylic acids is 1. The molecular formula is C16H17FN2O2. The fourth-order valence-corrected chi connectivity index (χ4v) is 2.11. The van der Waals surface area contributed by atoms with Crippen LogP contribution in [0.5, 0.6) is 0 Å². The summed E-state index contributed by atoms with van der Waals surface area (Å²) < 4.78 is 13.2. The van der Waals surface area contributed by atoms with Crippen LogP contribution < -0.4 is 0 Å². The maximum absolute atomic E-state index is 13.2. The van der Waals surface area contributed by atoms with E-state index in [4.69, 9.17) is 5.11 Å². The highest BCUT2D eigenvalue weighted by molar-refractivity contribution is 5.66. The second-order valence-electron chi connectivity index (χ2n) is 4.85. The first kappa shape index (κ1) is 15.1. The lowest BCUT2D eigenvalue weighted by Gasteiger charge is -2.21. The molecule has 0 bridgehead atoms. The molecule has 2 aromatic rings. The molecule has 110 valence electrons. The third-order valence-electron chi connectivity index (χ3n) is 3.07. The number of benzene rings is 1. The number of carboxylic acids is 1. The van der Waals surface area contributed by atoms with Crippen LogP contribution in [0.4, 0.5) is 4.39 Å². The van der Waals surface area contributed by atoms with E-state index in [1.165, 1.54) is 12.1 Å². The predicted molar refractivity (Wildman–Crippen MR) is 77.0 cm³/mol. The Hall–Kier alpha value is -2.27. The molecule has 1 aromatic carbocycles. The average Bonchev–Trinajstić information content (AvgIpc) is 2.46. The maximum Gasteiger partial charge on any atom is 0.304 e. The SMILES string of the molecule is O=C(O)CCN(Cc1cccnc1)Cc1cccc(F)c1. The Bertz CT molecular complexity index is 590. The Morgan fingerprint density at radius 1 is 1.19 bits per heavy atom. The van der Waals surface area contributed by atoms with Gasteiger partial charge in [-0.05, 0) is 29.3 Å². The molecule has 0 radical (unpaired) electrons. The van der Waals surface area contributed by atoms with Crippen molar-refractivity contribution in [2.75, 3.05) is 6.54 Å². The van der Waals surface area contributed by atoms with Crippen LogP contribution in [0, 0.1) is 5.82 Å². The number of carboxylic acid groups (broad SMARTS) is 1. The number of hydrogen-bond acceptors (Lipinski definition) is 3. The fourth-order valence-electron chi connectivity index (χ4n) is 2.11. The third kappa shape index (κ3) is 5.31. The Kier molecular flexibility index (Phi) is 5.40. The van der Waals surface area contributed by atoms with E-state index in [-0.39, 0.29) is 12.2 Å². The van der Waals surface area contributed by atoms with E-state index in [1.807, 2.05) is 23.1 Å². The van der Waals surface area contributed by atoms with Crippen LogP contribution in [-0.4, -0.2) is 27.5 Å². The van der Waals surface area contributed by atoms with Crippen LogP contribution in [-0.2, 0) is 17.9 Å². The fraction of sp³-hybridized carbons (Fsp3) is 0.250. The Balaban J connectivity index is 2.06. The van der Waals surface area contributed by atoms with Crippen LogP contribution in [0.2, 0.25) is 0 Å². The zero-order valence-electron chi connectivity index (χ0n) is 11.6. The van der Waals surface area contributed by atoms with E-state index in [0.29, 0.717) is 19.6 Å². The molecule has 1 aromatic heterocycles. The highest BCUT2D eigenvalue weighted by atomic mass is 19.1. The largest absolute Gasteiger partial charge is 0.481 e. The molecule has 1 heterocycles. The first-order valence-electron chi connectivity index (χ1n) is 6.71. The van der Waals surface area contributed by atoms with Crippen LogP contribution in [0.1, 0.15) is 17.5 Å². The van der Waals surface area contributed by atoms with Crippen molar-refractivity contribution in [2.45, 2.75) is 19.5 Å². The molecule has 0 unspecified atom stereocenters. The molecule has 0 fully saturated rings. The van der Waals surface area contributed by atoms with Crippen LogP contribution in [0.3, 0.4) is 0 Å². The quantitative estimate of drug-likeness (QED) is 0.851. The minimum Gasteiger partial charge on any atom is -0.481 e. The summed E-state index contributed by atoms with van der Waals surface area (Å²) in [6.45, 7) is 1.48. The molecule has 0 aliphatic heterocycles. The number of carbonyl (C=O) groups is 1. The molecule has 0 aliphatic carbocycles. The topological polar surface area (TPSA) is 53.4 Å². The van der Waals surface area contributed by atoms with Crippen molar-refractivity contribution in [1.82, 2.24) is 9.88 Å². The molecule has 4 nitrogen and oxygen atoms in total. The van der Waals surface area contributed by atoms with Gasteiger partial charge in [0.25, 0.3) is 0 Å². The van der Waals surface area contributed by atoms with Crippen molar-refractivity contribution in [1.29, 1.82) is 0 Å². The lowest BCUT2D eigenvalue weighted by atomic mass is 10.2. The summed E-state index contributed by atoms with van der Waals surface area (Å²) in [5, 5.41) is 8.84. The van der Waals surface area contributed by atoms with Crippen molar-refractivity contribution in [2.24, 2.45) is 0 Å². The summed E-state index contributed by atoms with van der Waals surface area (Å²) in [6.07, 6.45) is 3.49. The molecule has 2 rings (SSSR count). The number of rotatable bonds is 7. The van der Waals surface area contributed by atoms with Gasteiger partial charge in [-0.1, -0.05) is 18.2 Å². The summed E-state index contributed by atoms with van der Waals surface area (Å²) >= 11 is 0. The molecule has 0 amide bonds. The van der Waals surface area contributed by atoms with Crippen molar-refractivity contribution in [3.8, 4) is 0 Å². The van der Waals surface area contributed by atoms with E-state index in [1.54, 1.807) is 18.5 Å². The molecule has 0 spiro atoms. The molecule has 5 heteroatoms. The van der Waals surface area contributed by atoms with Gasteiger partial charge in [-0.3, -0.25) is 14.7 Å². The first-order chi connectivity index (χ1) is 10.1. The summed E-state index contributed by atoms with van der Waals surface area (Å²) in [5.74, 6) is -1.13. The number of nitrogens with zero attached hydrogens (tertiary/aromatic N) is 2. The molecule has 1 N–H and O–H groups in total. The zero-order chi connectivity index (χ0) is 15.1. The predicted octanol–water partition coefficient (Wildman–Crippen LogP) is 2.70. The molecule has 21 heavy (non-hydrogen) atoms. The highest BCUT2D eigenvalue weighted by Crippen LogP contribution is 2.11. The van der Waals surface area contributed by atoms with Gasteiger partial charge >= 0.3 is 5.97 Å². The smallest absolute Gasteiger partial charge is 0.304 e. The van der Waals surface area contributed by atoms with Gasteiger partial charge in [0.15, 0.2) is 0 Å². The lowest BCUT2D eigenvalue weighted by molar-refractivity contribution is -0.137. The van der Waals surface area contributed by atoms with Crippen molar-refractivity contribution >= 4 is 5.97 Å². The number of pyridine rings is 1. The van der Waals surface area contributed by atoms with Gasteiger partial charge in [-0.15, -0.1) is 0 Å². The highest BCUT2D eigenvalue weighted by Gasteiger charge is 2.10. The Morgan fingerprint density at radius 2 is 1.95 bits per heavy atom. The van der Waals surface area contributed by atoms with Gasteiger partial charge in [0, 0.05) is 32.0 Å². The van der Waals surface area contributed by atoms with Crippen LogP contribution >= 0.6 is 0 Å². The molecule has 0 saturated carbocycles. The maximum atomic E-state index is 13.2. The first-order valence-corrected chi connectivity index (χ1v) is 6.71. The van der Waals surface area contributed by atoms with Crippen molar-refractivity contribution < 1.29 is 14.3 Å². The normalized spacial score (nSPS) is 10.8. The second kappa shape index (κ2) is 7.50. The molecule has 0 saturated heterocycles. The minimum atomic E-state index is -0.842. The van der Waals surface area contributed by atoms with E-state index < -0.39 is 5.97 Å². The Morgan fingerprint density at radius 3 is 2.62 bits per heavy atom. The minimum absolute atomic E-state index is 0.0512. The third-order valence-corrected chi connectivity index (χ3v) is 3.07. The molecule has 0 atom stereocenters. The van der Waals surface area contributed by atoms with Gasteiger partial charge in [-0.25, -0.2) is 4.39 Å². The Labute approximate surface area is 122 Å². The summed E-state index contributed by atoms with van der Waals surface area (Å²) in [5.41, 5.74) is 1.82. The van der Waals surface area contributed by atoms with E-state index in [0.717, 1.165) is 11.1 Å². The molecule has 0 aliphatic rings. The van der Waals surface area contributed by atoms with Crippen LogP contribution in [0.25, 0.3) is 0 Å². The van der Waals surface area contributed by atoms with Crippen molar-refractivity contribution in [3.05, 3.63) is 65.7 Å². The number of halogens is 1. The summed E-state index contributed by atoms with van der Waals surface area (Å²) in [7, 11) is 0. The zero-order valence-corrected chi connectivity index (χ0v) is 11.6. The van der Waals surface area contributed by atoms with Gasteiger partial charge in [-0.2, -0.15) is 0 Å². The second-order valence-corrected chi connectivity index (χ2v) is 4.85. The van der Waals surface area contributed by atoms with Gasteiger partial charge in [0.2, 0.25) is 0 Å². The monoisotopic (exact) mass is 288 g/mol. The van der Waals surface area contributed by atoms with Gasteiger partial charge < -0.3 is 5.11 Å². The van der Waals surface area contributed by atoms with Gasteiger partial charge in [0.05, 0.1) is 6.42 Å².